The lowest BCUT2D eigenvalue weighted by Gasteiger charge is -2.07. The SMILES string of the molecule is COCCn1c(Cc2cccs2)nc2ccccc21. The van der Waals surface area contributed by atoms with Crippen LogP contribution >= 0.6 is 11.3 Å². The zero-order valence-electron chi connectivity index (χ0n) is 10.9. The number of hydrogen-bond acceptors (Lipinski definition) is 3. The first-order valence-electron chi connectivity index (χ1n) is 6.34. The van der Waals surface area contributed by atoms with E-state index in [9.17, 15) is 0 Å². The number of rotatable bonds is 5. The van der Waals surface area contributed by atoms with Crippen LogP contribution in [0.5, 0.6) is 0 Å². The van der Waals surface area contributed by atoms with Gasteiger partial charge >= 0.3 is 0 Å². The second-order valence-electron chi connectivity index (χ2n) is 4.42. The van der Waals surface area contributed by atoms with Crippen LogP contribution < -0.4 is 0 Å². The van der Waals surface area contributed by atoms with Crippen molar-refractivity contribution in [3.63, 3.8) is 0 Å². The van der Waals surface area contributed by atoms with E-state index in [-0.39, 0.29) is 0 Å². The Balaban J connectivity index is 2.01. The van der Waals surface area contributed by atoms with Crippen molar-refractivity contribution in [3.05, 3.63) is 52.5 Å². The monoisotopic (exact) mass is 272 g/mol. The van der Waals surface area contributed by atoms with Gasteiger partial charge in [0, 0.05) is 25.0 Å². The number of fused-ring (bicyclic) bond motifs is 1. The van der Waals surface area contributed by atoms with E-state index in [4.69, 9.17) is 9.72 Å². The summed E-state index contributed by atoms with van der Waals surface area (Å²) in [6.07, 6.45) is 0.885. The molecule has 0 fully saturated rings. The summed E-state index contributed by atoms with van der Waals surface area (Å²) in [5.74, 6) is 1.11. The van der Waals surface area contributed by atoms with Gasteiger partial charge in [-0.15, -0.1) is 11.3 Å². The highest BCUT2D eigenvalue weighted by Crippen LogP contribution is 2.20. The summed E-state index contributed by atoms with van der Waals surface area (Å²) in [5.41, 5.74) is 2.25. The number of imidazole rings is 1. The maximum Gasteiger partial charge on any atom is 0.115 e. The van der Waals surface area contributed by atoms with Gasteiger partial charge in [-0.3, -0.25) is 0 Å². The quantitative estimate of drug-likeness (QED) is 0.712. The minimum atomic E-state index is 0.706. The van der Waals surface area contributed by atoms with Crippen LogP contribution in [0, 0.1) is 0 Å². The molecule has 0 radical (unpaired) electrons. The molecule has 3 nitrogen and oxygen atoms in total. The summed E-state index contributed by atoms with van der Waals surface area (Å²) in [6.45, 7) is 1.55. The number of benzene rings is 1. The van der Waals surface area contributed by atoms with Crippen LogP contribution in [0.25, 0.3) is 11.0 Å². The lowest BCUT2D eigenvalue weighted by atomic mass is 10.3. The fourth-order valence-electron chi connectivity index (χ4n) is 2.26. The zero-order valence-corrected chi connectivity index (χ0v) is 11.7. The van der Waals surface area contributed by atoms with Gasteiger partial charge in [0.2, 0.25) is 0 Å². The third-order valence-electron chi connectivity index (χ3n) is 3.17. The van der Waals surface area contributed by atoms with E-state index >= 15 is 0 Å². The molecule has 19 heavy (non-hydrogen) atoms. The highest BCUT2D eigenvalue weighted by molar-refractivity contribution is 7.09. The number of methoxy groups -OCH3 is 1. The Hall–Kier alpha value is -1.65. The number of hydrogen-bond donors (Lipinski definition) is 0. The van der Waals surface area contributed by atoms with Gasteiger partial charge in [-0.25, -0.2) is 4.98 Å². The highest BCUT2D eigenvalue weighted by Gasteiger charge is 2.10. The van der Waals surface area contributed by atoms with E-state index in [1.54, 1.807) is 18.4 Å². The minimum absolute atomic E-state index is 0.706. The average molecular weight is 272 g/mol. The molecule has 0 N–H and O–H groups in total. The van der Waals surface area contributed by atoms with Crippen molar-refractivity contribution in [2.75, 3.05) is 13.7 Å². The molecule has 4 heteroatoms. The molecule has 0 aliphatic heterocycles. The standard InChI is InChI=1S/C15H16N2OS/c1-18-9-8-17-14-7-3-2-6-13(14)16-15(17)11-12-5-4-10-19-12/h2-7,10H,8-9,11H2,1H3. The molecule has 0 amide bonds. The molecule has 2 aromatic heterocycles. The van der Waals surface area contributed by atoms with Crippen molar-refractivity contribution in [2.45, 2.75) is 13.0 Å². The van der Waals surface area contributed by atoms with Crippen molar-refractivity contribution in [1.29, 1.82) is 0 Å². The van der Waals surface area contributed by atoms with Gasteiger partial charge in [-0.05, 0) is 23.6 Å². The molecule has 0 saturated heterocycles. The third kappa shape index (κ3) is 2.55. The van der Waals surface area contributed by atoms with E-state index in [0.717, 1.165) is 24.3 Å². The summed E-state index contributed by atoms with van der Waals surface area (Å²) in [5, 5.41) is 2.11. The van der Waals surface area contributed by atoms with Crippen LogP contribution in [-0.2, 0) is 17.7 Å². The molecule has 98 valence electrons. The van der Waals surface area contributed by atoms with Gasteiger partial charge in [0.25, 0.3) is 0 Å². The predicted octanol–water partition coefficient (Wildman–Crippen LogP) is 3.34. The molecule has 0 unspecified atom stereocenters. The lowest BCUT2D eigenvalue weighted by Crippen LogP contribution is -2.08. The molecule has 3 rings (SSSR count). The molecule has 1 aromatic carbocycles. The minimum Gasteiger partial charge on any atom is -0.383 e. The summed E-state index contributed by atoms with van der Waals surface area (Å²) >= 11 is 1.78. The molecule has 0 atom stereocenters. The molecule has 0 spiro atoms. The van der Waals surface area contributed by atoms with Gasteiger partial charge in [-0.1, -0.05) is 18.2 Å². The smallest absolute Gasteiger partial charge is 0.115 e. The number of aromatic nitrogens is 2. The Bertz CT molecular complexity index is 658. The van der Waals surface area contributed by atoms with Crippen LogP contribution in [-0.4, -0.2) is 23.3 Å². The fourth-order valence-corrected chi connectivity index (χ4v) is 2.96. The summed E-state index contributed by atoms with van der Waals surface area (Å²) < 4.78 is 7.47. The van der Waals surface area contributed by atoms with Gasteiger partial charge in [0.15, 0.2) is 0 Å². The molecule has 2 heterocycles. The van der Waals surface area contributed by atoms with Crippen LogP contribution in [0.3, 0.4) is 0 Å². The van der Waals surface area contributed by atoms with Crippen molar-refractivity contribution in [3.8, 4) is 0 Å². The Morgan fingerprint density at radius 2 is 2.11 bits per heavy atom. The molecule has 3 aromatic rings. The van der Waals surface area contributed by atoms with Crippen LogP contribution in [0.4, 0.5) is 0 Å². The average Bonchev–Trinajstić information content (AvgIpc) is 3.04. The van der Waals surface area contributed by atoms with Gasteiger partial charge in [-0.2, -0.15) is 0 Å². The summed E-state index contributed by atoms with van der Waals surface area (Å²) in [4.78, 5) is 6.10. The molecular weight excluding hydrogens is 256 g/mol. The van der Waals surface area contributed by atoms with E-state index in [1.165, 1.54) is 10.4 Å². The van der Waals surface area contributed by atoms with Crippen molar-refractivity contribution >= 4 is 22.4 Å². The van der Waals surface area contributed by atoms with Crippen LogP contribution in [0.1, 0.15) is 10.7 Å². The second-order valence-corrected chi connectivity index (χ2v) is 5.45. The predicted molar refractivity (Wildman–Crippen MR) is 78.7 cm³/mol. The van der Waals surface area contributed by atoms with Crippen molar-refractivity contribution in [2.24, 2.45) is 0 Å². The number of nitrogens with zero attached hydrogens (tertiary/aromatic N) is 2. The van der Waals surface area contributed by atoms with Crippen LogP contribution in [0.2, 0.25) is 0 Å². The Morgan fingerprint density at radius 3 is 2.89 bits per heavy atom. The highest BCUT2D eigenvalue weighted by atomic mass is 32.1. The Morgan fingerprint density at radius 1 is 1.21 bits per heavy atom. The molecule has 0 saturated carbocycles. The Kier molecular flexibility index (Phi) is 3.62. The summed E-state index contributed by atoms with van der Waals surface area (Å²) in [6, 6.07) is 12.5. The summed E-state index contributed by atoms with van der Waals surface area (Å²) in [7, 11) is 1.73. The Labute approximate surface area is 116 Å². The second kappa shape index (κ2) is 5.55. The largest absolute Gasteiger partial charge is 0.383 e. The lowest BCUT2D eigenvalue weighted by molar-refractivity contribution is 0.187. The van der Waals surface area contributed by atoms with Crippen molar-refractivity contribution < 1.29 is 4.74 Å². The number of ether oxygens (including phenoxy) is 1. The number of thiophene rings is 1. The van der Waals surface area contributed by atoms with E-state index in [1.807, 2.05) is 6.07 Å². The zero-order chi connectivity index (χ0) is 13.1. The maximum absolute atomic E-state index is 5.21. The fraction of sp³-hybridized carbons (Fsp3) is 0.267. The maximum atomic E-state index is 5.21. The molecular formula is C15H16N2OS. The van der Waals surface area contributed by atoms with Crippen LogP contribution in [0.15, 0.2) is 41.8 Å². The van der Waals surface area contributed by atoms with Gasteiger partial charge in [0.1, 0.15) is 5.82 Å². The first-order valence-corrected chi connectivity index (χ1v) is 7.22. The molecule has 0 bridgehead atoms. The van der Waals surface area contributed by atoms with Crippen molar-refractivity contribution in [1.82, 2.24) is 9.55 Å². The molecule has 0 aliphatic carbocycles. The van der Waals surface area contributed by atoms with E-state index in [2.05, 4.69) is 40.3 Å². The number of para-hydroxylation sites is 2. The normalized spacial score (nSPS) is 11.2. The third-order valence-corrected chi connectivity index (χ3v) is 4.04. The van der Waals surface area contributed by atoms with Gasteiger partial charge in [0.05, 0.1) is 17.6 Å². The van der Waals surface area contributed by atoms with E-state index in [0.29, 0.717) is 6.61 Å². The van der Waals surface area contributed by atoms with Gasteiger partial charge < -0.3 is 9.30 Å². The topological polar surface area (TPSA) is 27.1 Å². The van der Waals surface area contributed by atoms with E-state index < -0.39 is 0 Å². The first kappa shape index (κ1) is 12.4. The first-order chi connectivity index (χ1) is 9.38. The molecule has 0 aliphatic rings.